The maximum absolute atomic E-state index is 11.1. The van der Waals surface area contributed by atoms with Crippen molar-refractivity contribution in [3.8, 4) is 0 Å². The van der Waals surface area contributed by atoms with Crippen molar-refractivity contribution < 1.29 is 4.79 Å². The Kier molecular flexibility index (Phi) is 3.87. The second-order valence-corrected chi connectivity index (χ2v) is 3.64. The lowest BCUT2D eigenvalue weighted by Gasteiger charge is -2.10. The predicted molar refractivity (Wildman–Crippen MR) is 59.6 cm³/mol. The van der Waals surface area contributed by atoms with Crippen LogP contribution in [0.15, 0.2) is 18.2 Å². The van der Waals surface area contributed by atoms with E-state index in [1.807, 2.05) is 0 Å². The highest BCUT2D eigenvalue weighted by Crippen LogP contribution is 2.17. The van der Waals surface area contributed by atoms with E-state index in [1.54, 1.807) is 6.92 Å². The fraction of sp³-hybridized carbons (Fsp3) is 0.462. The van der Waals surface area contributed by atoms with Gasteiger partial charge in [0.25, 0.3) is 0 Å². The van der Waals surface area contributed by atoms with Crippen LogP contribution in [0.3, 0.4) is 0 Å². The van der Waals surface area contributed by atoms with Crippen molar-refractivity contribution in [1.29, 1.82) is 0 Å². The summed E-state index contributed by atoms with van der Waals surface area (Å²) in [7, 11) is 0. The summed E-state index contributed by atoms with van der Waals surface area (Å²) in [6, 6.07) is 6.28. The molecule has 0 N–H and O–H groups in total. The number of benzene rings is 1. The van der Waals surface area contributed by atoms with Crippen molar-refractivity contribution in [3.05, 3.63) is 34.9 Å². The summed E-state index contributed by atoms with van der Waals surface area (Å²) in [6.45, 7) is 5.96. The van der Waals surface area contributed by atoms with Crippen molar-refractivity contribution in [1.82, 2.24) is 0 Å². The van der Waals surface area contributed by atoms with Gasteiger partial charge in [-0.25, -0.2) is 0 Å². The van der Waals surface area contributed by atoms with Crippen LogP contribution in [0.2, 0.25) is 0 Å². The van der Waals surface area contributed by atoms with Crippen LogP contribution in [-0.4, -0.2) is 5.78 Å². The molecule has 0 heterocycles. The summed E-state index contributed by atoms with van der Waals surface area (Å²) in [5.41, 5.74) is 3.95. The van der Waals surface area contributed by atoms with Gasteiger partial charge in [0.1, 0.15) is 5.78 Å². The van der Waals surface area contributed by atoms with E-state index in [4.69, 9.17) is 0 Å². The second kappa shape index (κ2) is 4.94. The molecule has 0 spiro atoms. The lowest BCUT2D eigenvalue weighted by Crippen LogP contribution is -2.03. The highest BCUT2D eigenvalue weighted by molar-refractivity contribution is 5.78. The Hall–Kier alpha value is -1.11. The Morgan fingerprint density at radius 1 is 1.14 bits per heavy atom. The first-order valence-corrected chi connectivity index (χ1v) is 5.28. The Morgan fingerprint density at radius 3 is 2.29 bits per heavy atom. The fourth-order valence-electron chi connectivity index (χ4n) is 1.91. The lowest BCUT2D eigenvalue weighted by molar-refractivity contribution is -0.116. The Morgan fingerprint density at radius 2 is 1.79 bits per heavy atom. The molecular weight excluding hydrogens is 172 g/mol. The number of Topliss-reactive ketones (excluding diaryl/α,β-unsaturated/α-hetero) is 1. The number of hydrogen-bond donors (Lipinski definition) is 0. The van der Waals surface area contributed by atoms with Gasteiger partial charge in [0.15, 0.2) is 0 Å². The molecule has 0 unspecified atom stereocenters. The number of aryl methyl sites for hydroxylation is 1. The molecular formula is C13H18O. The van der Waals surface area contributed by atoms with Gasteiger partial charge in [-0.3, -0.25) is 4.79 Å². The van der Waals surface area contributed by atoms with Crippen LogP contribution in [0.4, 0.5) is 0 Å². The van der Waals surface area contributed by atoms with Crippen LogP contribution in [-0.2, 0) is 24.1 Å². The van der Waals surface area contributed by atoms with Crippen molar-refractivity contribution >= 4 is 5.78 Å². The molecule has 1 heteroatoms. The summed E-state index contributed by atoms with van der Waals surface area (Å²) in [5, 5.41) is 0. The van der Waals surface area contributed by atoms with Gasteiger partial charge in [-0.15, -0.1) is 0 Å². The minimum atomic E-state index is 0.243. The summed E-state index contributed by atoms with van der Waals surface area (Å²) in [6.07, 6.45) is 2.65. The molecule has 14 heavy (non-hydrogen) atoms. The molecule has 76 valence electrons. The third-order valence-corrected chi connectivity index (χ3v) is 2.54. The number of rotatable bonds is 4. The molecule has 1 nitrogen and oxygen atoms in total. The van der Waals surface area contributed by atoms with Crippen molar-refractivity contribution in [2.24, 2.45) is 0 Å². The first kappa shape index (κ1) is 11.0. The Labute approximate surface area is 86.1 Å². The monoisotopic (exact) mass is 190 g/mol. The normalized spacial score (nSPS) is 10.2. The molecule has 0 aromatic heterocycles. The molecule has 1 rings (SSSR count). The lowest BCUT2D eigenvalue weighted by atomic mass is 9.94. The van der Waals surface area contributed by atoms with Crippen molar-refractivity contribution in [3.63, 3.8) is 0 Å². The van der Waals surface area contributed by atoms with E-state index in [2.05, 4.69) is 32.0 Å². The first-order chi connectivity index (χ1) is 6.69. The molecule has 0 bridgehead atoms. The van der Waals surface area contributed by atoms with Gasteiger partial charge in [0, 0.05) is 6.42 Å². The van der Waals surface area contributed by atoms with E-state index in [-0.39, 0.29) is 5.78 Å². The second-order valence-electron chi connectivity index (χ2n) is 3.64. The van der Waals surface area contributed by atoms with Gasteiger partial charge in [-0.05, 0) is 36.5 Å². The predicted octanol–water partition coefficient (Wildman–Crippen LogP) is 2.94. The minimum Gasteiger partial charge on any atom is -0.300 e. The Bertz CT molecular complexity index is 326. The summed E-state index contributed by atoms with van der Waals surface area (Å²) < 4.78 is 0. The topological polar surface area (TPSA) is 17.1 Å². The molecule has 0 aliphatic heterocycles. The van der Waals surface area contributed by atoms with Crippen molar-refractivity contribution in [2.75, 3.05) is 0 Å². The van der Waals surface area contributed by atoms with Gasteiger partial charge in [0.2, 0.25) is 0 Å². The number of hydrogen-bond acceptors (Lipinski definition) is 1. The van der Waals surface area contributed by atoms with E-state index in [1.165, 1.54) is 16.7 Å². The zero-order chi connectivity index (χ0) is 10.6. The van der Waals surface area contributed by atoms with Gasteiger partial charge in [-0.2, -0.15) is 0 Å². The zero-order valence-corrected chi connectivity index (χ0v) is 9.26. The minimum absolute atomic E-state index is 0.243. The number of carbonyl (C=O) groups is 1. The van der Waals surface area contributed by atoms with E-state index in [0.29, 0.717) is 6.42 Å². The molecule has 1 aromatic carbocycles. The standard InChI is InChI=1S/C13H18O/c1-4-11-7-6-8-12(9-10(3)14)13(11)5-2/h6-8H,4-5,9H2,1-3H3. The molecule has 0 saturated carbocycles. The van der Waals surface area contributed by atoms with Crippen LogP contribution in [0, 0.1) is 0 Å². The number of carbonyl (C=O) groups excluding carboxylic acids is 1. The van der Waals surface area contributed by atoms with Gasteiger partial charge in [-0.1, -0.05) is 32.0 Å². The summed E-state index contributed by atoms with van der Waals surface area (Å²) in [5.74, 6) is 0.243. The molecule has 1 aromatic rings. The highest BCUT2D eigenvalue weighted by Gasteiger charge is 2.06. The van der Waals surface area contributed by atoms with Gasteiger partial charge >= 0.3 is 0 Å². The molecule has 0 fully saturated rings. The maximum atomic E-state index is 11.1. The average Bonchev–Trinajstić information content (AvgIpc) is 2.16. The smallest absolute Gasteiger partial charge is 0.134 e. The van der Waals surface area contributed by atoms with Crippen LogP contribution in [0.5, 0.6) is 0 Å². The molecule has 0 amide bonds. The Balaban J connectivity index is 3.08. The first-order valence-electron chi connectivity index (χ1n) is 5.28. The van der Waals surface area contributed by atoms with Crippen LogP contribution in [0.1, 0.15) is 37.5 Å². The maximum Gasteiger partial charge on any atom is 0.134 e. The molecule has 0 aliphatic carbocycles. The fourth-order valence-corrected chi connectivity index (χ4v) is 1.91. The summed E-state index contributed by atoms with van der Waals surface area (Å²) >= 11 is 0. The van der Waals surface area contributed by atoms with E-state index >= 15 is 0 Å². The average molecular weight is 190 g/mol. The SMILES string of the molecule is CCc1cccc(CC(C)=O)c1CC. The van der Waals surface area contributed by atoms with E-state index in [9.17, 15) is 4.79 Å². The third-order valence-electron chi connectivity index (χ3n) is 2.54. The molecule has 0 radical (unpaired) electrons. The van der Waals surface area contributed by atoms with Crippen LogP contribution >= 0.6 is 0 Å². The van der Waals surface area contributed by atoms with Gasteiger partial charge in [0.05, 0.1) is 0 Å². The van der Waals surface area contributed by atoms with E-state index < -0.39 is 0 Å². The van der Waals surface area contributed by atoms with Crippen LogP contribution < -0.4 is 0 Å². The highest BCUT2D eigenvalue weighted by atomic mass is 16.1. The van der Waals surface area contributed by atoms with E-state index in [0.717, 1.165) is 12.8 Å². The summed E-state index contributed by atoms with van der Waals surface area (Å²) in [4.78, 5) is 11.1. The molecule has 0 aliphatic rings. The largest absolute Gasteiger partial charge is 0.300 e. The zero-order valence-electron chi connectivity index (χ0n) is 9.26. The number of ketones is 1. The van der Waals surface area contributed by atoms with Gasteiger partial charge < -0.3 is 0 Å². The molecule has 0 atom stereocenters. The van der Waals surface area contributed by atoms with Crippen molar-refractivity contribution in [2.45, 2.75) is 40.0 Å². The third kappa shape index (κ3) is 2.44. The quantitative estimate of drug-likeness (QED) is 0.713. The molecule has 0 saturated heterocycles. The van der Waals surface area contributed by atoms with Crippen LogP contribution in [0.25, 0.3) is 0 Å².